The largest absolute Gasteiger partial charge is 0.457 e. The summed E-state index contributed by atoms with van der Waals surface area (Å²) in [6, 6.07) is 57.3. The third kappa shape index (κ3) is 4.91. The number of pyridine rings is 1. The third-order valence-electron chi connectivity index (χ3n) is 12.9. The van der Waals surface area contributed by atoms with Crippen molar-refractivity contribution >= 4 is 46.3 Å². The average Bonchev–Trinajstić information content (AvgIpc) is 3.80. The summed E-state index contributed by atoms with van der Waals surface area (Å²) in [5.74, 6) is 2.81. The van der Waals surface area contributed by atoms with Crippen LogP contribution in [0.3, 0.4) is 0 Å². The Kier molecular flexibility index (Phi) is 7.28. The highest BCUT2D eigenvalue weighted by Gasteiger charge is 2.39. The van der Waals surface area contributed by atoms with Crippen LogP contribution in [0, 0.1) is 0 Å². The van der Waals surface area contributed by atoms with Crippen molar-refractivity contribution in [3.63, 3.8) is 0 Å². The van der Waals surface area contributed by atoms with Gasteiger partial charge in [-0.3, -0.25) is 14.0 Å². The van der Waals surface area contributed by atoms with Crippen LogP contribution in [0.5, 0.6) is 11.5 Å². The van der Waals surface area contributed by atoms with Crippen molar-refractivity contribution in [3.8, 4) is 73.0 Å². The van der Waals surface area contributed by atoms with Crippen molar-refractivity contribution in [2.75, 3.05) is 0 Å². The molecule has 0 saturated carbocycles. The van der Waals surface area contributed by atoms with Gasteiger partial charge in [0.2, 0.25) is 5.78 Å². The van der Waals surface area contributed by atoms with Crippen LogP contribution in [0.15, 0.2) is 164 Å². The van der Waals surface area contributed by atoms with Gasteiger partial charge in [-0.25, -0.2) is 4.98 Å². The predicted octanol–water partition coefficient (Wildman–Crippen LogP) is 12.7. The van der Waals surface area contributed by atoms with E-state index in [4.69, 9.17) is 14.7 Å². The van der Waals surface area contributed by atoms with Crippen LogP contribution in [-0.2, 0) is 5.41 Å². The fourth-order valence-corrected chi connectivity index (χ4v) is 12.9. The molecule has 0 spiro atoms. The molecule has 0 bridgehead atoms. The zero-order valence-electron chi connectivity index (χ0n) is 34.3. The number of aromatic nitrogens is 4. The molecular formula is C54H42N4OSi. The second kappa shape index (κ2) is 12.5. The molecule has 0 unspecified atom stereocenters. The predicted molar refractivity (Wildman–Crippen MR) is 250 cm³/mol. The molecule has 12 rings (SSSR count). The molecule has 0 atom stereocenters. The molecule has 288 valence electrons. The van der Waals surface area contributed by atoms with Crippen LogP contribution in [0.4, 0.5) is 0 Å². The summed E-state index contributed by atoms with van der Waals surface area (Å²) in [6.07, 6.45) is 1.91. The van der Waals surface area contributed by atoms with E-state index < -0.39 is 8.07 Å². The van der Waals surface area contributed by atoms with Crippen LogP contribution >= 0.6 is 0 Å². The first-order valence-corrected chi connectivity index (χ1v) is 23.8. The van der Waals surface area contributed by atoms with Crippen molar-refractivity contribution in [3.05, 3.63) is 169 Å². The summed E-state index contributed by atoms with van der Waals surface area (Å²) in [5, 5.41) is 2.58. The highest BCUT2D eigenvalue weighted by molar-refractivity contribution is 7.01. The molecule has 0 fully saturated rings. The quantitative estimate of drug-likeness (QED) is 0.164. The number of benzene rings is 7. The van der Waals surface area contributed by atoms with Crippen molar-refractivity contribution in [1.82, 2.24) is 18.9 Å². The molecular weight excluding hydrogens is 749 g/mol. The number of fused-ring (bicyclic) bond motifs is 15. The van der Waals surface area contributed by atoms with Gasteiger partial charge < -0.3 is 4.74 Å². The Balaban J connectivity index is 1.06. The fourth-order valence-electron chi connectivity index (χ4n) is 10.0. The lowest BCUT2D eigenvalue weighted by Crippen LogP contribution is -2.56. The van der Waals surface area contributed by atoms with E-state index in [9.17, 15) is 0 Å². The molecule has 1 aliphatic heterocycles. The molecule has 3 aromatic heterocycles. The van der Waals surface area contributed by atoms with Crippen molar-refractivity contribution in [1.29, 1.82) is 0 Å². The standard InChI is InChI=1S/C54H42N4OSi/c1-54(2,3)43-32-41-35-17-7-6-16-34(35)38-21-15-29-55-51(38)37-19-9-8-18-36(37)40(41)31-42(43)39-20-14-26-49-52(39)59-48-28-27-33(30-50(48)60(49,4)5)57-46-24-12-13-25-47(46)58-45-23-11-10-22-44(45)56-53(57)58/h6-32H,1-5H3. The van der Waals surface area contributed by atoms with Crippen LogP contribution in [0.1, 0.15) is 26.3 Å². The van der Waals surface area contributed by atoms with Crippen molar-refractivity contribution in [2.24, 2.45) is 0 Å². The van der Waals surface area contributed by atoms with Crippen molar-refractivity contribution in [2.45, 2.75) is 39.3 Å². The van der Waals surface area contributed by atoms with E-state index in [2.05, 4.69) is 201 Å². The second-order valence-electron chi connectivity index (χ2n) is 17.8. The van der Waals surface area contributed by atoms with Crippen LogP contribution in [-0.4, -0.2) is 27.0 Å². The Morgan fingerprint density at radius 2 is 1.15 bits per heavy atom. The van der Waals surface area contributed by atoms with E-state index in [1.165, 1.54) is 49.3 Å². The molecule has 60 heavy (non-hydrogen) atoms. The number of imidazole rings is 2. The Morgan fingerprint density at radius 3 is 1.93 bits per heavy atom. The zero-order chi connectivity index (χ0) is 40.5. The van der Waals surface area contributed by atoms with Gasteiger partial charge in [0.25, 0.3) is 0 Å². The maximum atomic E-state index is 7.22. The lowest BCUT2D eigenvalue weighted by atomic mass is 9.75. The molecule has 0 saturated heterocycles. The van der Waals surface area contributed by atoms with E-state index >= 15 is 0 Å². The topological polar surface area (TPSA) is 44.4 Å². The lowest BCUT2D eigenvalue weighted by Gasteiger charge is -2.35. The van der Waals surface area contributed by atoms with Crippen LogP contribution in [0.2, 0.25) is 13.1 Å². The molecule has 0 amide bonds. The Bertz CT molecular complexity index is 3440. The summed E-state index contributed by atoms with van der Waals surface area (Å²) in [5.41, 5.74) is 18.2. The number of hydrogen-bond acceptors (Lipinski definition) is 3. The number of nitrogens with zero attached hydrogens (tertiary/aromatic N) is 4. The molecule has 2 aliphatic rings. The summed E-state index contributed by atoms with van der Waals surface area (Å²) in [7, 11) is -2.33. The molecule has 4 heterocycles. The summed E-state index contributed by atoms with van der Waals surface area (Å²) < 4.78 is 11.8. The minimum Gasteiger partial charge on any atom is -0.457 e. The first-order valence-electron chi connectivity index (χ1n) is 20.8. The van der Waals surface area contributed by atoms with Gasteiger partial charge in [-0.1, -0.05) is 131 Å². The average molecular weight is 791 g/mol. The van der Waals surface area contributed by atoms with Gasteiger partial charge >= 0.3 is 0 Å². The molecule has 0 radical (unpaired) electrons. The van der Waals surface area contributed by atoms with E-state index in [0.29, 0.717) is 0 Å². The first kappa shape index (κ1) is 35.0. The highest BCUT2D eigenvalue weighted by Crippen LogP contribution is 2.51. The second-order valence-corrected chi connectivity index (χ2v) is 22.2. The van der Waals surface area contributed by atoms with Gasteiger partial charge in [0.05, 0.1) is 27.8 Å². The monoisotopic (exact) mass is 790 g/mol. The van der Waals surface area contributed by atoms with Crippen LogP contribution < -0.4 is 15.1 Å². The molecule has 5 nitrogen and oxygen atoms in total. The molecule has 7 aromatic carbocycles. The summed E-state index contributed by atoms with van der Waals surface area (Å²) >= 11 is 0. The Labute approximate surface area is 350 Å². The van der Waals surface area contributed by atoms with E-state index in [-0.39, 0.29) is 5.41 Å². The minimum atomic E-state index is -2.33. The fraction of sp³-hybridized carbons (Fsp3) is 0.111. The Morgan fingerprint density at radius 1 is 0.517 bits per heavy atom. The number of hydrogen-bond donors (Lipinski definition) is 0. The van der Waals surface area contributed by atoms with Gasteiger partial charge in [0.15, 0.2) is 0 Å². The third-order valence-corrected chi connectivity index (χ3v) is 16.4. The Hall–Kier alpha value is -7.02. The SMILES string of the molecule is CC(C)(C)c1cc2c(cc1-c1cccc3c1Oc1ccc(-n4c5ccccc5n5c6ccccc6nc45)cc1[Si]3(C)C)-c1ccccc1-c1ncccc1-c1ccccc1-2. The van der Waals surface area contributed by atoms with Crippen molar-refractivity contribution < 1.29 is 4.74 Å². The number of para-hydroxylation sites is 5. The maximum absolute atomic E-state index is 7.22. The van der Waals surface area contributed by atoms with Gasteiger partial charge in [0.1, 0.15) is 19.6 Å². The maximum Gasteiger partial charge on any atom is 0.220 e. The lowest BCUT2D eigenvalue weighted by molar-refractivity contribution is 0.488. The van der Waals surface area contributed by atoms with Gasteiger partial charge in [-0.2, -0.15) is 0 Å². The zero-order valence-corrected chi connectivity index (χ0v) is 35.3. The first-order chi connectivity index (χ1) is 29.2. The van der Waals surface area contributed by atoms with E-state index in [0.717, 1.165) is 67.4 Å². The molecule has 10 aromatic rings. The van der Waals surface area contributed by atoms with Gasteiger partial charge in [0, 0.05) is 28.6 Å². The number of ether oxygens (including phenoxy) is 1. The normalized spacial score (nSPS) is 13.7. The highest BCUT2D eigenvalue weighted by atomic mass is 28.3. The molecule has 0 N–H and O–H groups in total. The molecule has 6 heteroatoms. The number of rotatable bonds is 2. The van der Waals surface area contributed by atoms with Crippen LogP contribution in [0.25, 0.3) is 89.3 Å². The van der Waals surface area contributed by atoms with E-state index in [1.807, 2.05) is 6.20 Å². The summed E-state index contributed by atoms with van der Waals surface area (Å²) in [6.45, 7) is 11.9. The van der Waals surface area contributed by atoms with Gasteiger partial charge in [-0.15, -0.1) is 0 Å². The van der Waals surface area contributed by atoms with Gasteiger partial charge in [-0.05, 0) is 115 Å². The smallest absolute Gasteiger partial charge is 0.220 e. The van der Waals surface area contributed by atoms with E-state index in [1.54, 1.807) is 0 Å². The summed E-state index contributed by atoms with van der Waals surface area (Å²) in [4.78, 5) is 10.2. The molecule has 1 aliphatic carbocycles. The minimum absolute atomic E-state index is 0.166.